The molecule has 1 aliphatic rings. The average Bonchev–Trinajstić information content (AvgIpc) is 2.34. The lowest BCUT2D eigenvalue weighted by Crippen LogP contribution is -2.53. The maximum Gasteiger partial charge on any atom is 0.139 e. The zero-order valence-electron chi connectivity index (χ0n) is 10.0. The Kier molecular flexibility index (Phi) is 5.24. The Hall–Kier alpha value is -0.360. The molecule has 1 aromatic rings. The molecular weight excluding hydrogens is 321 g/mol. The van der Waals surface area contributed by atoms with E-state index < -0.39 is 0 Å². The van der Waals surface area contributed by atoms with Crippen molar-refractivity contribution in [3.8, 4) is 5.75 Å². The van der Waals surface area contributed by atoms with Crippen molar-refractivity contribution < 1.29 is 14.2 Å². The van der Waals surface area contributed by atoms with Crippen molar-refractivity contribution in [1.29, 1.82) is 0 Å². The molecule has 1 fully saturated rings. The highest BCUT2D eigenvalue weighted by molar-refractivity contribution is 9.10. The van der Waals surface area contributed by atoms with Gasteiger partial charge in [-0.05, 0) is 22.0 Å². The number of halogens is 2. The maximum atomic E-state index is 6.12. The van der Waals surface area contributed by atoms with Gasteiger partial charge in [0, 0.05) is 24.2 Å². The number of rotatable bonds is 6. The lowest BCUT2D eigenvalue weighted by molar-refractivity contribution is -0.0899. The van der Waals surface area contributed by atoms with Crippen molar-refractivity contribution in [2.75, 3.05) is 20.3 Å². The molecule has 3 atom stereocenters. The van der Waals surface area contributed by atoms with Crippen molar-refractivity contribution in [2.24, 2.45) is 0 Å². The second-order valence-corrected chi connectivity index (χ2v) is 5.55. The van der Waals surface area contributed by atoms with Gasteiger partial charge >= 0.3 is 0 Å². The van der Waals surface area contributed by atoms with E-state index in [2.05, 4.69) is 20.9 Å². The Balaban J connectivity index is 1.85. The average molecular weight is 337 g/mol. The lowest BCUT2D eigenvalue weighted by Gasteiger charge is -2.40. The molecule has 1 aliphatic carbocycles. The van der Waals surface area contributed by atoms with Gasteiger partial charge in [-0.2, -0.15) is 0 Å². The molecule has 1 aromatic heterocycles. The molecule has 0 amide bonds. The molecule has 6 heteroatoms. The summed E-state index contributed by atoms with van der Waals surface area (Å²) in [5, 5.41) is 0.00645. The predicted octanol–water partition coefficient (Wildman–Crippen LogP) is 2.63. The van der Waals surface area contributed by atoms with E-state index in [-0.39, 0.29) is 17.6 Å². The summed E-state index contributed by atoms with van der Waals surface area (Å²) in [5.41, 5.74) is 0. The van der Waals surface area contributed by atoms with Gasteiger partial charge < -0.3 is 14.2 Å². The summed E-state index contributed by atoms with van der Waals surface area (Å²) in [4.78, 5) is 4.05. The molecule has 18 heavy (non-hydrogen) atoms. The third-order valence-electron chi connectivity index (χ3n) is 2.75. The second kappa shape index (κ2) is 6.70. The molecule has 100 valence electrons. The van der Waals surface area contributed by atoms with Crippen LogP contribution in [0.2, 0.25) is 0 Å². The standard InChI is InChI=1S/C12H15BrClNO3/c1-16-2-3-17-12-10(14)5-11(12)18-9-4-8(13)6-15-7-9/h4,6-7,10-12H,2-3,5H2,1H3. The van der Waals surface area contributed by atoms with Crippen LogP contribution >= 0.6 is 27.5 Å². The molecule has 0 radical (unpaired) electrons. The highest BCUT2D eigenvalue weighted by atomic mass is 79.9. The van der Waals surface area contributed by atoms with Crippen molar-refractivity contribution in [2.45, 2.75) is 24.0 Å². The minimum Gasteiger partial charge on any atom is -0.486 e. The van der Waals surface area contributed by atoms with Crippen LogP contribution in [0.1, 0.15) is 6.42 Å². The molecule has 2 rings (SSSR count). The number of methoxy groups -OCH3 is 1. The van der Waals surface area contributed by atoms with Gasteiger partial charge in [-0.1, -0.05) is 0 Å². The molecular formula is C12H15BrClNO3. The molecule has 0 aromatic carbocycles. The molecule has 1 heterocycles. The van der Waals surface area contributed by atoms with Crippen molar-refractivity contribution in [3.63, 3.8) is 0 Å². The van der Waals surface area contributed by atoms with Gasteiger partial charge in [0.2, 0.25) is 0 Å². The third kappa shape index (κ3) is 3.57. The number of pyridine rings is 1. The van der Waals surface area contributed by atoms with E-state index in [0.29, 0.717) is 13.2 Å². The van der Waals surface area contributed by atoms with Crippen molar-refractivity contribution >= 4 is 27.5 Å². The van der Waals surface area contributed by atoms with Crippen LogP contribution in [-0.4, -0.2) is 42.9 Å². The number of aromatic nitrogens is 1. The molecule has 0 bridgehead atoms. The highest BCUT2D eigenvalue weighted by Crippen LogP contribution is 2.33. The first-order valence-corrected chi connectivity index (χ1v) is 6.95. The fourth-order valence-electron chi connectivity index (χ4n) is 1.75. The lowest BCUT2D eigenvalue weighted by atomic mass is 9.91. The van der Waals surface area contributed by atoms with Crippen molar-refractivity contribution in [3.05, 3.63) is 22.9 Å². The highest BCUT2D eigenvalue weighted by Gasteiger charge is 2.42. The van der Waals surface area contributed by atoms with Gasteiger partial charge in [0.1, 0.15) is 18.0 Å². The Morgan fingerprint density at radius 3 is 2.94 bits per heavy atom. The minimum atomic E-state index is -0.0826. The van der Waals surface area contributed by atoms with Crippen LogP contribution in [0.25, 0.3) is 0 Å². The van der Waals surface area contributed by atoms with Gasteiger partial charge in [0.15, 0.2) is 0 Å². The quantitative estimate of drug-likeness (QED) is 0.591. The van der Waals surface area contributed by atoms with Gasteiger partial charge in [-0.3, -0.25) is 4.98 Å². The number of hydrogen-bond donors (Lipinski definition) is 0. The summed E-state index contributed by atoms with van der Waals surface area (Å²) in [7, 11) is 1.64. The number of alkyl halides is 1. The fraction of sp³-hybridized carbons (Fsp3) is 0.583. The Bertz CT molecular complexity index is 393. The van der Waals surface area contributed by atoms with Gasteiger partial charge in [-0.25, -0.2) is 0 Å². The van der Waals surface area contributed by atoms with E-state index in [4.69, 9.17) is 25.8 Å². The zero-order chi connectivity index (χ0) is 13.0. The van der Waals surface area contributed by atoms with Gasteiger partial charge in [0.25, 0.3) is 0 Å². The topological polar surface area (TPSA) is 40.6 Å². The largest absolute Gasteiger partial charge is 0.486 e. The summed E-state index contributed by atoms with van der Waals surface area (Å²) in [5.74, 6) is 0.721. The van der Waals surface area contributed by atoms with Crippen LogP contribution in [0.3, 0.4) is 0 Å². The van der Waals surface area contributed by atoms with Crippen molar-refractivity contribution in [1.82, 2.24) is 4.98 Å². The van der Waals surface area contributed by atoms with E-state index >= 15 is 0 Å². The number of ether oxygens (including phenoxy) is 3. The number of hydrogen-bond acceptors (Lipinski definition) is 4. The summed E-state index contributed by atoms with van der Waals surface area (Å²) >= 11 is 9.47. The monoisotopic (exact) mass is 335 g/mol. The summed E-state index contributed by atoms with van der Waals surface area (Å²) in [6, 6.07) is 1.88. The van der Waals surface area contributed by atoms with Gasteiger partial charge in [0.05, 0.1) is 24.8 Å². The molecule has 0 spiro atoms. The molecule has 1 saturated carbocycles. The normalized spacial score (nSPS) is 26.7. The summed E-state index contributed by atoms with van der Waals surface area (Å²) < 4.78 is 17.3. The molecule has 4 nitrogen and oxygen atoms in total. The Labute approximate surface area is 120 Å². The first kappa shape index (κ1) is 14.1. The first-order valence-electron chi connectivity index (χ1n) is 5.72. The van der Waals surface area contributed by atoms with Crippen LogP contribution in [0.4, 0.5) is 0 Å². The van der Waals surface area contributed by atoms with Crippen LogP contribution < -0.4 is 4.74 Å². The predicted molar refractivity (Wildman–Crippen MR) is 72.2 cm³/mol. The molecule has 0 aliphatic heterocycles. The van der Waals surface area contributed by atoms with Crippen LogP contribution in [0.5, 0.6) is 5.75 Å². The summed E-state index contributed by atoms with van der Waals surface area (Å²) in [6.07, 6.45) is 4.08. The van der Waals surface area contributed by atoms with Gasteiger partial charge in [-0.15, -0.1) is 11.6 Å². The van der Waals surface area contributed by atoms with E-state index in [1.54, 1.807) is 19.5 Å². The molecule has 0 saturated heterocycles. The zero-order valence-corrected chi connectivity index (χ0v) is 12.4. The Morgan fingerprint density at radius 1 is 1.44 bits per heavy atom. The van der Waals surface area contributed by atoms with E-state index in [0.717, 1.165) is 16.6 Å². The molecule has 3 unspecified atom stereocenters. The molecule has 0 N–H and O–H groups in total. The van der Waals surface area contributed by atoms with Crippen LogP contribution in [0.15, 0.2) is 22.9 Å². The third-order valence-corrected chi connectivity index (χ3v) is 3.61. The fourth-order valence-corrected chi connectivity index (χ4v) is 2.51. The second-order valence-electron chi connectivity index (χ2n) is 4.08. The van der Waals surface area contributed by atoms with E-state index in [9.17, 15) is 0 Å². The van der Waals surface area contributed by atoms with Crippen LogP contribution in [-0.2, 0) is 9.47 Å². The number of nitrogens with zero attached hydrogens (tertiary/aromatic N) is 1. The SMILES string of the molecule is COCCOC1C(Cl)CC1Oc1cncc(Br)c1. The van der Waals surface area contributed by atoms with E-state index in [1.807, 2.05) is 6.07 Å². The van der Waals surface area contributed by atoms with E-state index in [1.165, 1.54) is 0 Å². The first-order chi connectivity index (χ1) is 8.70. The minimum absolute atomic E-state index is 0.00645. The maximum absolute atomic E-state index is 6.12. The summed E-state index contributed by atoms with van der Waals surface area (Å²) in [6.45, 7) is 1.09. The Morgan fingerprint density at radius 2 is 2.28 bits per heavy atom. The van der Waals surface area contributed by atoms with Crippen LogP contribution in [0, 0.1) is 0 Å². The smallest absolute Gasteiger partial charge is 0.139 e.